The maximum Gasteiger partial charge on any atom is 0.312 e. The lowest BCUT2D eigenvalue weighted by Crippen LogP contribution is -2.22. The minimum Gasteiger partial charge on any atom is -0.506 e. The second-order valence-corrected chi connectivity index (χ2v) is 3.00. The molecule has 0 aromatic carbocycles. The number of aryl methyl sites for hydroxylation is 1. The summed E-state index contributed by atoms with van der Waals surface area (Å²) in [4.78, 5) is 3.49. The van der Waals surface area contributed by atoms with Gasteiger partial charge in [0, 0.05) is 7.11 Å². The van der Waals surface area contributed by atoms with Crippen molar-refractivity contribution in [2.24, 2.45) is 0 Å². The van der Waals surface area contributed by atoms with Crippen molar-refractivity contribution in [1.82, 2.24) is 4.98 Å². The van der Waals surface area contributed by atoms with E-state index in [1.165, 1.54) is 20.1 Å². The van der Waals surface area contributed by atoms with Gasteiger partial charge in [-0.1, -0.05) is 0 Å². The topological polar surface area (TPSA) is 42.4 Å². The third kappa shape index (κ3) is 2.17. The van der Waals surface area contributed by atoms with Gasteiger partial charge in [-0.05, 0) is 18.6 Å². The molecule has 0 aliphatic rings. The van der Waals surface area contributed by atoms with Crippen molar-refractivity contribution in [3.63, 3.8) is 0 Å². The van der Waals surface area contributed by atoms with Crippen LogP contribution in [0.5, 0.6) is 5.75 Å². The van der Waals surface area contributed by atoms with Gasteiger partial charge in [0.05, 0.1) is 6.20 Å². The van der Waals surface area contributed by atoms with Crippen molar-refractivity contribution < 1.29 is 18.6 Å². The van der Waals surface area contributed by atoms with Crippen molar-refractivity contribution >= 4 is 0 Å². The average Bonchev–Trinajstić information content (AvgIpc) is 2.02. The van der Waals surface area contributed by atoms with Gasteiger partial charge in [0.2, 0.25) is 0 Å². The lowest BCUT2D eigenvalue weighted by atomic mass is 10.1. The largest absolute Gasteiger partial charge is 0.506 e. The standard InChI is InChI=1S/C9H11F2NO2/c1-6-3-7(13)4-12-8(6)9(10,11)5-14-2/h3-4,13H,5H2,1-2H3. The zero-order valence-corrected chi connectivity index (χ0v) is 7.92. The van der Waals surface area contributed by atoms with Crippen LogP contribution in [-0.4, -0.2) is 23.8 Å². The fraction of sp³-hybridized carbons (Fsp3) is 0.444. The van der Waals surface area contributed by atoms with Gasteiger partial charge in [-0.15, -0.1) is 0 Å². The molecule has 1 heterocycles. The van der Waals surface area contributed by atoms with Crippen molar-refractivity contribution in [3.05, 3.63) is 23.5 Å². The highest BCUT2D eigenvalue weighted by Crippen LogP contribution is 2.29. The van der Waals surface area contributed by atoms with E-state index in [0.717, 1.165) is 6.20 Å². The molecule has 1 aromatic heterocycles. The molecule has 1 rings (SSSR count). The summed E-state index contributed by atoms with van der Waals surface area (Å²) in [6.45, 7) is 0.747. The maximum atomic E-state index is 13.3. The fourth-order valence-corrected chi connectivity index (χ4v) is 1.19. The molecule has 0 aliphatic heterocycles. The molecule has 0 fully saturated rings. The van der Waals surface area contributed by atoms with E-state index in [0.29, 0.717) is 0 Å². The number of methoxy groups -OCH3 is 1. The van der Waals surface area contributed by atoms with Gasteiger partial charge in [-0.3, -0.25) is 4.98 Å². The third-order valence-corrected chi connectivity index (χ3v) is 1.74. The summed E-state index contributed by atoms with van der Waals surface area (Å²) in [7, 11) is 1.20. The Hall–Kier alpha value is -1.23. The zero-order chi connectivity index (χ0) is 10.8. The predicted octanol–water partition coefficient (Wildman–Crippen LogP) is 1.83. The molecule has 5 heteroatoms. The van der Waals surface area contributed by atoms with Crippen LogP contribution < -0.4 is 0 Å². The Bertz CT molecular complexity index is 329. The highest BCUT2D eigenvalue weighted by Gasteiger charge is 2.34. The van der Waals surface area contributed by atoms with Crippen LogP contribution in [-0.2, 0) is 10.7 Å². The van der Waals surface area contributed by atoms with Gasteiger partial charge in [-0.2, -0.15) is 8.78 Å². The summed E-state index contributed by atoms with van der Waals surface area (Å²) in [6, 6.07) is 1.24. The van der Waals surface area contributed by atoms with E-state index < -0.39 is 12.5 Å². The molecule has 0 saturated carbocycles. The number of halogens is 2. The summed E-state index contributed by atoms with van der Waals surface area (Å²) < 4.78 is 31.0. The van der Waals surface area contributed by atoms with Crippen LogP contribution >= 0.6 is 0 Å². The quantitative estimate of drug-likeness (QED) is 0.814. The molecule has 3 nitrogen and oxygen atoms in total. The summed E-state index contributed by atoms with van der Waals surface area (Å²) in [5.41, 5.74) is -0.121. The van der Waals surface area contributed by atoms with E-state index in [-0.39, 0.29) is 17.0 Å². The normalized spacial score (nSPS) is 11.7. The van der Waals surface area contributed by atoms with Gasteiger partial charge in [0.15, 0.2) is 0 Å². The lowest BCUT2D eigenvalue weighted by molar-refractivity contribution is -0.0735. The molecule has 1 N–H and O–H groups in total. The molecule has 78 valence electrons. The van der Waals surface area contributed by atoms with Crippen LogP contribution in [0, 0.1) is 6.92 Å². The third-order valence-electron chi connectivity index (χ3n) is 1.74. The van der Waals surface area contributed by atoms with Crippen LogP contribution in [0.2, 0.25) is 0 Å². The first-order valence-corrected chi connectivity index (χ1v) is 4.00. The van der Waals surface area contributed by atoms with Crippen molar-refractivity contribution in [1.29, 1.82) is 0 Å². The monoisotopic (exact) mass is 203 g/mol. The Morgan fingerprint density at radius 3 is 2.71 bits per heavy atom. The average molecular weight is 203 g/mol. The second-order valence-electron chi connectivity index (χ2n) is 3.00. The second kappa shape index (κ2) is 3.88. The molecule has 0 aliphatic carbocycles. The Balaban J connectivity index is 3.06. The number of rotatable bonds is 3. The predicted molar refractivity (Wildman–Crippen MR) is 46.4 cm³/mol. The fourth-order valence-electron chi connectivity index (χ4n) is 1.19. The molecule has 0 amide bonds. The molecule has 0 atom stereocenters. The van der Waals surface area contributed by atoms with Crippen LogP contribution in [0.25, 0.3) is 0 Å². The Kier molecular flexibility index (Phi) is 3.00. The first-order chi connectivity index (χ1) is 6.47. The Labute approximate surface area is 80.3 Å². The van der Waals surface area contributed by atoms with Crippen LogP contribution in [0.4, 0.5) is 8.78 Å². The van der Waals surface area contributed by atoms with Crippen LogP contribution in [0.15, 0.2) is 12.3 Å². The number of hydrogen-bond acceptors (Lipinski definition) is 3. The molecule has 1 aromatic rings. The van der Waals surface area contributed by atoms with E-state index in [9.17, 15) is 8.78 Å². The smallest absolute Gasteiger partial charge is 0.312 e. The van der Waals surface area contributed by atoms with E-state index >= 15 is 0 Å². The molecule has 0 unspecified atom stereocenters. The summed E-state index contributed by atoms with van der Waals surface area (Å²) in [6.07, 6.45) is 0.992. The Morgan fingerprint density at radius 2 is 2.21 bits per heavy atom. The number of ether oxygens (including phenoxy) is 1. The van der Waals surface area contributed by atoms with E-state index in [1.54, 1.807) is 0 Å². The van der Waals surface area contributed by atoms with Crippen molar-refractivity contribution in [2.45, 2.75) is 12.8 Å². The van der Waals surface area contributed by atoms with E-state index in [2.05, 4.69) is 9.72 Å². The van der Waals surface area contributed by atoms with Crippen molar-refractivity contribution in [3.8, 4) is 5.75 Å². The number of aromatic hydroxyl groups is 1. The maximum absolute atomic E-state index is 13.3. The summed E-state index contributed by atoms with van der Waals surface area (Å²) >= 11 is 0. The molecule has 14 heavy (non-hydrogen) atoms. The summed E-state index contributed by atoms with van der Waals surface area (Å²) in [5.74, 6) is -3.24. The van der Waals surface area contributed by atoms with Crippen LogP contribution in [0.3, 0.4) is 0 Å². The highest BCUT2D eigenvalue weighted by atomic mass is 19.3. The first kappa shape index (κ1) is 10.8. The number of aromatic nitrogens is 1. The molecule has 0 radical (unpaired) electrons. The molecular formula is C9H11F2NO2. The molecule has 0 saturated heterocycles. The number of alkyl halides is 2. The van der Waals surface area contributed by atoms with Gasteiger partial charge >= 0.3 is 5.92 Å². The number of nitrogens with zero attached hydrogens (tertiary/aromatic N) is 1. The summed E-state index contributed by atoms with van der Waals surface area (Å²) in [5, 5.41) is 8.99. The molecule has 0 bridgehead atoms. The molecule has 0 spiro atoms. The number of hydrogen-bond donors (Lipinski definition) is 1. The Morgan fingerprint density at radius 1 is 1.57 bits per heavy atom. The minimum absolute atomic E-state index is 0.125. The van der Waals surface area contributed by atoms with Crippen LogP contribution in [0.1, 0.15) is 11.3 Å². The van der Waals surface area contributed by atoms with Gasteiger partial charge in [-0.25, -0.2) is 0 Å². The highest BCUT2D eigenvalue weighted by molar-refractivity contribution is 5.29. The van der Waals surface area contributed by atoms with Gasteiger partial charge in [0.1, 0.15) is 18.1 Å². The van der Waals surface area contributed by atoms with Gasteiger partial charge in [0.25, 0.3) is 0 Å². The van der Waals surface area contributed by atoms with Gasteiger partial charge < -0.3 is 9.84 Å². The minimum atomic E-state index is -3.12. The van der Waals surface area contributed by atoms with E-state index in [1.807, 2.05) is 0 Å². The SMILES string of the molecule is COCC(F)(F)c1ncc(O)cc1C. The van der Waals surface area contributed by atoms with Crippen molar-refractivity contribution in [2.75, 3.05) is 13.7 Å². The lowest BCUT2D eigenvalue weighted by Gasteiger charge is -2.16. The number of pyridine rings is 1. The van der Waals surface area contributed by atoms with E-state index in [4.69, 9.17) is 5.11 Å². The molecular weight excluding hydrogens is 192 g/mol. The zero-order valence-electron chi connectivity index (χ0n) is 7.92. The first-order valence-electron chi connectivity index (χ1n) is 4.00.